The van der Waals surface area contributed by atoms with Crippen molar-refractivity contribution >= 4 is 6.03 Å². The summed E-state index contributed by atoms with van der Waals surface area (Å²) in [6.07, 6.45) is 4.49. The summed E-state index contributed by atoms with van der Waals surface area (Å²) in [5, 5.41) is 0. The van der Waals surface area contributed by atoms with Crippen molar-refractivity contribution < 1.29 is 18.3 Å². The molecule has 0 atom stereocenters. The predicted octanol–water partition coefficient (Wildman–Crippen LogP) is 2.58. The van der Waals surface area contributed by atoms with Crippen LogP contribution in [0.1, 0.15) is 5.56 Å². The lowest BCUT2D eigenvalue weighted by Gasteiger charge is -2.17. The molecule has 0 spiro atoms. The van der Waals surface area contributed by atoms with Crippen LogP contribution >= 0.6 is 0 Å². The van der Waals surface area contributed by atoms with Crippen molar-refractivity contribution in [3.63, 3.8) is 0 Å². The van der Waals surface area contributed by atoms with Gasteiger partial charge in [0.05, 0.1) is 0 Å². The summed E-state index contributed by atoms with van der Waals surface area (Å²) in [6, 6.07) is 5.93. The highest BCUT2D eigenvalue weighted by Crippen LogP contribution is 2.15. The van der Waals surface area contributed by atoms with Crippen molar-refractivity contribution in [3.8, 4) is 5.75 Å². The van der Waals surface area contributed by atoms with E-state index in [-0.39, 0.29) is 11.8 Å². The van der Waals surface area contributed by atoms with Crippen molar-refractivity contribution in [2.24, 2.45) is 0 Å². The number of aromatic nitrogens is 2. The molecule has 5 nitrogen and oxygen atoms in total. The highest BCUT2D eigenvalue weighted by atomic mass is 19.3. The Hall–Kier alpha value is -2.44. The third-order valence-corrected chi connectivity index (χ3v) is 2.62. The lowest BCUT2D eigenvalue weighted by Crippen LogP contribution is -2.29. The summed E-state index contributed by atoms with van der Waals surface area (Å²) in [5.41, 5.74) is 0.808. The molecular weight excluding hydrogens is 268 g/mol. The van der Waals surface area contributed by atoms with Crippen molar-refractivity contribution in [1.29, 1.82) is 0 Å². The van der Waals surface area contributed by atoms with Crippen LogP contribution in [0.5, 0.6) is 5.75 Å². The number of hydrogen-bond donors (Lipinski definition) is 0. The van der Waals surface area contributed by atoms with Gasteiger partial charge in [-0.25, -0.2) is 9.78 Å². The predicted molar refractivity (Wildman–Crippen MR) is 67.6 cm³/mol. The SMILES string of the molecule is CN(Cc1ccc(OC(F)F)cc1)C(=O)n1ccnc1. The quantitative estimate of drug-likeness (QED) is 0.865. The van der Waals surface area contributed by atoms with Gasteiger partial charge >= 0.3 is 12.6 Å². The summed E-state index contributed by atoms with van der Waals surface area (Å²) in [7, 11) is 1.64. The van der Waals surface area contributed by atoms with Crippen LogP contribution in [-0.2, 0) is 6.54 Å². The Morgan fingerprint density at radius 1 is 1.40 bits per heavy atom. The number of nitrogens with zero attached hydrogens (tertiary/aromatic N) is 3. The number of alkyl halides is 2. The Kier molecular flexibility index (Phi) is 4.29. The van der Waals surface area contributed by atoms with Crippen LogP contribution in [0.25, 0.3) is 0 Å². The second-order valence-electron chi connectivity index (χ2n) is 4.13. The van der Waals surface area contributed by atoms with Crippen LogP contribution in [0.4, 0.5) is 13.6 Å². The van der Waals surface area contributed by atoms with Gasteiger partial charge in [-0.1, -0.05) is 12.1 Å². The first-order valence-electron chi connectivity index (χ1n) is 5.83. The molecule has 2 aromatic rings. The number of benzene rings is 1. The second-order valence-corrected chi connectivity index (χ2v) is 4.13. The minimum Gasteiger partial charge on any atom is -0.435 e. The summed E-state index contributed by atoms with van der Waals surface area (Å²) < 4.78 is 29.6. The van der Waals surface area contributed by atoms with Gasteiger partial charge in [0.2, 0.25) is 0 Å². The molecule has 0 N–H and O–H groups in total. The fourth-order valence-electron chi connectivity index (χ4n) is 1.69. The second kappa shape index (κ2) is 6.14. The van der Waals surface area contributed by atoms with Crippen LogP contribution in [-0.4, -0.2) is 34.1 Å². The summed E-state index contributed by atoms with van der Waals surface area (Å²) in [4.78, 5) is 17.2. The van der Waals surface area contributed by atoms with E-state index in [1.54, 1.807) is 25.4 Å². The number of ether oxygens (including phenoxy) is 1. The lowest BCUT2D eigenvalue weighted by atomic mass is 10.2. The van der Waals surface area contributed by atoms with Gasteiger partial charge in [-0.05, 0) is 17.7 Å². The topological polar surface area (TPSA) is 47.4 Å². The van der Waals surface area contributed by atoms with E-state index < -0.39 is 6.61 Å². The molecule has 0 aliphatic rings. The van der Waals surface area contributed by atoms with E-state index in [0.29, 0.717) is 6.54 Å². The number of rotatable bonds is 4. The van der Waals surface area contributed by atoms with E-state index in [1.165, 1.54) is 34.1 Å². The molecule has 1 aromatic heterocycles. The normalized spacial score (nSPS) is 10.6. The Balaban J connectivity index is 1.97. The third-order valence-electron chi connectivity index (χ3n) is 2.62. The smallest absolute Gasteiger partial charge is 0.387 e. The summed E-state index contributed by atoms with van der Waals surface area (Å²) in [6.45, 7) is -2.49. The molecule has 0 aliphatic heterocycles. The van der Waals surface area contributed by atoms with Crippen LogP contribution < -0.4 is 4.74 Å². The zero-order valence-electron chi connectivity index (χ0n) is 10.7. The van der Waals surface area contributed by atoms with Crippen molar-refractivity contribution in [2.75, 3.05) is 7.05 Å². The maximum atomic E-state index is 12.0. The highest BCUT2D eigenvalue weighted by Gasteiger charge is 2.11. The lowest BCUT2D eigenvalue weighted by molar-refractivity contribution is -0.0498. The molecule has 0 aliphatic carbocycles. The van der Waals surface area contributed by atoms with Gasteiger partial charge < -0.3 is 9.64 Å². The monoisotopic (exact) mass is 281 g/mol. The molecule has 0 unspecified atom stereocenters. The molecule has 0 saturated carbocycles. The molecule has 0 fully saturated rings. The summed E-state index contributed by atoms with van der Waals surface area (Å²) in [5.74, 6) is 0.0901. The zero-order chi connectivity index (χ0) is 14.5. The molecule has 0 bridgehead atoms. The van der Waals surface area contributed by atoms with E-state index in [9.17, 15) is 13.6 Å². The van der Waals surface area contributed by atoms with Gasteiger partial charge in [-0.15, -0.1) is 0 Å². The standard InChI is InChI=1S/C13H13F2N3O2/c1-17(13(19)18-7-6-16-9-18)8-10-2-4-11(5-3-10)20-12(14)15/h2-7,9,12H,8H2,1H3. The van der Waals surface area contributed by atoms with E-state index in [1.807, 2.05) is 0 Å². The first-order valence-corrected chi connectivity index (χ1v) is 5.83. The Morgan fingerprint density at radius 3 is 2.65 bits per heavy atom. The van der Waals surface area contributed by atoms with Gasteiger partial charge in [0, 0.05) is 26.0 Å². The van der Waals surface area contributed by atoms with Crippen molar-refractivity contribution in [1.82, 2.24) is 14.5 Å². The molecular formula is C13H13F2N3O2. The first-order chi connectivity index (χ1) is 9.56. The van der Waals surface area contributed by atoms with E-state index in [0.717, 1.165) is 5.56 Å². The summed E-state index contributed by atoms with van der Waals surface area (Å²) >= 11 is 0. The highest BCUT2D eigenvalue weighted by molar-refractivity contribution is 5.76. The van der Waals surface area contributed by atoms with Crippen LogP contribution in [0.3, 0.4) is 0 Å². The maximum absolute atomic E-state index is 12.0. The number of hydrogen-bond acceptors (Lipinski definition) is 3. The average Bonchev–Trinajstić information content (AvgIpc) is 2.93. The van der Waals surface area contributed by atoms with Gasteiger partial charge in [0.25, 0.3) is 0 Å². The van der Waals surface area contributed by atoms with Crippen LogP contribution in [0, 0.1) is 0 Å². The largest absolute Gasteiger partial charge is 0.435 e. The number of halogens is 2. The zero-order valence-corrected chi connectivity index (χ0v) is 10.7. The van der Waals surface area contributed by atoms with Crippen molar-refractivity contribution in [3.05, 3.63) is 48.5 Å². The maximum Gasteiger partial charge on any atom is 0.387 e. The minimum atomic E-state index is -2.84. The fraction of sp³-hybridized carbons (Fsp3) is 0.231. The fourth-order valence-corrected chi connectivity index (χ4v) is 1.69. The molecule has 106 valence electrons. The van der Waals surface area contributed by atoms with Gasteiger partial charge in [-0.2, -0.15) is 8.78 Å². The molecule has 1 heterocycles. The van der Waals surface area contributed by atoms with E-state index in [2.05, 4.69) is 9.72 Å². The van der Waals surface area contributed by atoms with E-state index in [4.69, 9.17) is 0 Å². The molecule has 2 rings (SSSR count). The molecule has 0 radical (unpaired) electrons. The Bertz CT molecular complexity index is 556. The van der Waals surface area contributed by atoms with Crippen LogP contribution in [0.15, 0.2) is 43.0 Å². The number of carbonyl (C=O) groups is 1. The third kappa shape index (κ3) is 3.53. The van der Waals surface area contributed by atoms with Gasteiger partial charge in [0.1, 0.15) is 12.1 Å². The molecule has 20 heavy (non-hydrogen) atoms. The number of amides is 1. The van der Waals surface area contributed by atoms with E-state index >= 15 is 0 Å². The average molecular weight is 281 g/mol. The Labute approximate surface area is 114 Å². The molecule has 1 amide bonds. The molecule has 0 saturated heterocycles. The first kappa shape index (κ1) is 14.0. The van der Waals surface area contributed by atoms with Crippen molar-refractivity contribution in [2.45, 2.75) is 13.2 Å². The van der Waals surface area contributed by atoms with Gasteiger partial charge in [-0.3, -0.25) is 4.57 Å². The molecule has 1 aromatic carbocycles. The minimum absolute atomic E-state index is 0.0901. The Morgan fingerprint density at radius 2 is 2.10 bits per heavy atom. The van der Waals surface area contributed by atoms with Crippen LogP contribution in [0.2, 0.25) is 0 Å². The number of imidazole rings is 1. The number of carbonyl (C=O) groups excluding carboxylic acids is 1. The molecule has 7 heteroatoms. The van der Waals surface area contributed by atoms with Gasteiger partial charge in [0.15, 0.2) is 0 Å².